The molecule has 162 valence electrons. The van der Waals surface area contributed by atoms with Crippen molar-refractivity contribution < 1.29 is 14.3 Å². The quantitative estimate of drug-likeness (QED) is 0.588. The number of amides is 2. The van der Waals surface area contributed by atoms with Crippen LogP contribution in [0.2, 0.25) is 10.0 Å². The summed E-state index contributed by atoms with van der Waals surface area (Å²) in [6.07, 6.45) is 0.475. The smallest absolute Gasteiger partial charge is 0.261 e. The first-order valence-corrected chi connectivity index (χ1v) is 10.7. The number of nitrogens with one attached hydrogen (secondary N) is 1. The summed E-state index contributed by atoms with van der Waals surface area (Å²) in [5.41, 5.74) is 2.77. The topological polar surface area (TPSA) is 58.6 Å². The normalized spacial score (nSPS) is 11.7. The molecule has 0 saturated heterocycles. The minimum atomic E-state index is -0.617. The number of likely N-dealkylation sites (N-methyl/N-ethyl adjacent to an activating group) is 1. The number of hydrogen-bond acceptors (Lipinski definition) is 3. The summed E-state index contributed by atoms with van der Waals surface area (Å²) in [4.78, 5) is 27.3. The summed E-state index contributed by atoms with van der Waals surface area (Å²) in [6, 6.07) is 10.4. The van der Waals surface area contributed by atoms with Gasteiger partial charge in [-0.1, -0.05) is 48.3 Å². The van der Waals surface area contributed by atoms with Crippen molar-refractivity contribution in [3.63, 3.8) is 0 Å². The molecule has 5 nitrogen and oxygen atoms in total. The summed E-state index contributed by atoms with van der Waals surface area (Å²) < 4.78 is 5.81. The fraction of sp³-hybridized carbons (Fsp3) is 0.391. The Morgan fingerprint density at radius 3 is 2.43 bits per heavy atom. The van der Waals surface area contributed by atoms with Gasteiger partial charge in [-0.3, -0.25) is 9.59 Å². The van der Waals surface area contributed by atoms with Crippen LogP contribution in [0.3, 0.4) is 0 Å². The molecule has 0 aliphatic heterocycles. The fourth-order valence-electron chi connectivity index (χ4n) is 3.13. The van der Waals surface area contributed by atoms with Crippen LogP contribution in [0.4, 0.5) is 0 Å². The van der Waals surface area contributed by atoms with Gasteiger partial charge in [0, 0.05) is 13.1 Å². The predicted molar refractivity (Wildman–Crippen MR) is 121 cm³/mol. The molecule has 0 radical (unpaired) electrons. The molecule has 0 spiro atoms. The standard InChI is InChI=1S/C23H28Cl2N2O3/c1-5-20(23(29)26-6-2)27(13-17-9-10-18(24)19(25)12-17)22(28)14-30-21-11-15(3)7-8-16(21)4/h7-12,20H,5-6,13-14H2,1-4H3,(H,26,29)/t20-/m0/s1. The van der Waals surface area contributed by atoms with Crippen LogP contribution < -0.4 is 10.1 Å². The number of carbonyl (C=O) groups is 2. The van der Waals surface area contributed by atoms with Crippen LogP contribution >= 0.6 is 23.2 Å². The maximum absolute atomic E-state index is 13.1. The monoisotopic (exact) mass is 450 g/mol. The van der Waals surface area contributed by atoms with Gasteiger partial charge in [-0.05, 0) is 62.1 Å². The Bertz CT molecular complexity index is 902. The minimum absolute atomic E-state index is 0.165. The lowest BCUT2D eigenvalue weighted by Crippen LogP contribution is -2.50. The van der Waals surface area contributed by atoms with Gasteiger partial charge >= 0.3 is 0 Å². The predicted octanol–water partition coefficient (Wildman–Crippen LogP) is 4.93. The Hall–Kier alpha value is -2.24. The minimum Gasteiger partial charge on any atom is -0.483 e. The van der Waals surface area contributed by atoms with Crippen LogP contribution in [-0.4, -0.2) is 35.9 Å². The first kappa shape index (κ1) is 24.0. The molecular formula is C23H28Cl2N2O3. The lowest BCUT2D eigenvalue weighted by Gasteiger charge is -2.30. The number of carbonyl (C=O) groups excluding carboxylic acids is 2. The molecule has 0 aliphatic carbocycles. The summed E-state index contributed by atoms with van der Waals surface area (Å²) in [5, 5.41) is 3.65. The van der Waals surface area contributed by atoms with Crippen molar-refractivity contribution in [2.24, 2.45) is 0 Å². The van der Waals surface area contributed by atoms with Gasteiger partial charge in [0.15, 0.2) is 6.61 Å². The third-order valence-electron chi connectivity index (χ3n) is 4.77. The second kappa shape index (κ2) is 11.2. The lowest BCUT2D eigenvalue weighted by atomic mass is 10.1. The molecule has 1 atom stereocenters. The van der Waals surface area contributed by atoms with E-state index < -0.39 is 6.04 Å². The van der Waals surface area contributed by atoms with Crippen molar-refractivity contribution in [1.29, 1.82) is 0 Å². The third kappa shape index (κ3) is 6.38. The van der Waals surface area contributed by atoms with Crippen LogP contribution in [0.25, 0.3) is 0 Å². The van der Waals surface area contributed by atoms with Gasteiger partial charge in [-0.2, -0.15) is 0 Å². The summed E-state index contributed by atoms with van der Waals surface area (Å²) in [6.45, 7) is 8.16. The molecule has 2 rings (SSSR count). The van der Waals surface area contributed by atoms with Gasteiger partial charge in [0.2, 0.25) is 5.91 Å². The first-order chi connectivity index (χ1) is 14.3. The number of nitrogens with zero attached hydrogens (tertiary/aromatic N) is 1. The van der Waals surface area contributed by atoms with E-state index in [-0.39, 0.29) is 25.0 Å². The molecule has 1 N–H and O–H groups in total. The average Bonchev–Trinajstić information content (AvgIpc) is 2.71. The van der Waals surface area contributed by atoms with E-state index >= 15 is 0 Å². The molecular weight excluding hydrogens is 423 g/mol. The van der Waals surface area contributed by atoms with Crippen LogP contribution in [0.1, 0.15) is 37.0 Å². The maximum Gasteiger partial charge on any atom is 0.261 e. The molecule has 0 saturated carbocycles. The van der Waals surface area contributed by atoms with Crippen molar-refractivity contribution >= 4 is 35.0 Å². The van der Waals surface area contributed by atoms with Crippen LogP contribution in [-0.2, 0) is 16.1 Å². The van der Waals surface area contributed by atoms with E-state index in [1.807, 2.05) is 45.9 Å². The highest BCUT2D eigenvalue weighted by molar-refractivity contribution is 6.42. The van der Waals surface area contributed by atoms with Crippen LogP contribution in [0.5, 0.6) is 5.75 Å². The largest absolute Gasteiger partial charge is 0.483 e. The zero-order chi connectivity index (χ0) is 22.3. The van der Waals surface area contributed by atoms with Crippen molar-refractivity contribution in [3.8, 4) is 5.75 Å². The van der Waals surface area contributed by atoms with E-state index in [0.29, 0.717) is 28.8 Å². The summed E-state index contributed by atoms with van der Waals surface area (Å²) in [7, 11) is 0. The lowest BCUT2D eigenvalue weighted by molar-refractivity contribution is -0.142. The average molecular weight is 451 g/mol. The molecule has 7 heteroatoms. The van der Waals surface area contributed by atoms with Crippen LogP contribution in [0.15, 0.2) is 36.4 Å². The van der Waals surface area contributed by atoms with Gasteiger partial charge in [0.05, 0.1) is 10.0 Å². The number of halogens is 2. The molecule has 0 aliphatic rings. The highest BCUT2D eigenvalue weighted by atomic mass is 35.5. The number of benzene rings is 2. The number of hydrogen-bond donors (Lipinski definition) is 1. The van der Waals surface area contributed by atoms with E-state index in [1.54, 1.807) is 18.2 Å². The first-order valence-electron chi connectivity index (χ1n) is 9.97. The van der Waals surface area contributed by atoms with Gasteiger partial charge < -0.3 is 15.0 Å². The van der Waals surface area contributed by atoms with Gasteiger partial charge in [0.25, 0.3) is 5.91 Å². The highest BCUT2D eigenvalue weighted by Crippen LogP contribution is 2.24. The van der Waals surface area contributed by atoms with Gasteiger partial charge in [0.1, 0.15) is 11.8 Å². The van der Waals surface area contributed by atoms with E-state index in [0.717, 1.165) is 16.7 Å². The SMILES string of the molecule is CCNC(=O)[C@H](CC)N(Cc1ccc(Cl)c(Cl)c1)C(=O)COc1cc(C)ccc1C. The Morgan fingerprint density at radius 2 is 1.80 bits per heavy atom. The summed E-state index contributed by atoms with van der Waals surface area (Å²) in [5.74, 6) is 0.184. The molecule has 2 aromatic rings. The van der Waals surface area contributed by atoms with E-state index in [9.17, 15) is 9.59 Å². The Kier molecular flexibility index (Phi) is 9.00. The van der Waals surface area contributed by atoms with Crippen LogP contribution in [0, 0.1) is 13.8 Å². The molecule has 0 bridgehead atoms. The molecule has 2 amide bonds. The van der Waals surface area contributed by atoms with Crippen molar-refractivity contribution in [2.75, 3.05) is 13.2 Å². The zero-order valence-electron chi connectivity index (χ0n) is 17.8. The highest BCUT2D eigenvalue weighted by Gasteiger charge is 2.28. The van der Waals surface area contributed by atoms with Gasteiger partial charge in [-0.15, -0.1) is 0 Å². The number of ether oxygens (including phenoxy) is 1. The molecule has 0 heterocycles. The van der Waals surface area contributed by atoms with Crippen molar-refractivity contribution in [2.45, 2.75) is 46.7 Å². The van der Waals surface area contributed by atoms with Crippen molar-refractivity contribution in [1.82, 2.24) is 10.2 Å². The summed E-state index contributed by atoms with van der Waals surface area (Å²) >= 11 is 12.1. The van der Waals surface area contributed by atoms with E-state index in [4.69, 9.17) is 27.9 Å². The molecule has 30 heavy (non-hydrogen) atoms. The second-order valence-corrected chi connectivity index (χ2v) is 7.96. The number of rotatable bonds is 9. The molecule has 0 fully saturated rings. The molecule has 0 aromatic heterocycles. The number of aryl methyl sites for hydroxylation is 2. The fourth-order valence-corrected chi connectivity index (χ4v) is 3.45. The molecule has 2 aromatic carbocycles. The zero-order valence-corrected chi connectivity index (χ0v) is 19.3. The van der Waals surface area contributed by atoms with E-state index in [2.05, 4.69) is 5.32 Å². The Morgan fingerprint density at radius 1 is 1.07 bits per heavy atom. The van der Waals surface area contributed by atoms with Gasteiger partial charge in [-0.25, -0.2) is 0 Å². The Labute approximate surface area is 188 Å². The second-order valence-electron chi connectivity index (χ2n) is 7.15. The molecule has 0 unspecified atom stereocenters. The van der Waals surface area contributed by atoms with Crippen molar-refractivity contribution in [3.05, 3.63) is 63.1 Å². The third-order valence-corrected chi connectivity index (χ3v) is 5.51. The Balaban J connectivity index is 2.25. The maximum atomic E-state index is 13.1. The van der Waals surface area contributed by atoms with E-state index in [1.165, 1.54) is 4.90 Å².